The molecule has 0 unspecified atom stereocenters. The van der Waals surface area contributed by atoms with E-state index in [-0.39, 0.29) is 0 Å². The van der Waals surface area contributed by atoms with E-state index in [0.717, 1.165) is 11.2 Å². The highest BCUT2D eigenvalue weighted by atomic mass is 32.1. The van der Waals surface area contributed by atoms with Gasteiger partial charge in [0.1, 0.15) is 0 Å². The summed E-state index contributed by atoms with van der Waals surface area (Å²) in [6.07, 6.45) is 0. The molecule has 1 aromatic heterocycles. The van der Waals surface area contributed by atoms with Gasteiger partial charge in [-0.3, -0.25) is 3.97 Å². The molecule has 78 valence electrons. The van der Waals surface area contributed by atoms with E-state index in [1.165, 1.54) is 10.9 Å². The molecule has 0 saturated carbocycles. The van der Waals surface area contributed by atoms with Crippen molar-refractivity contribution < 1.29 is 0 Å². The van der Waals surface area contributed by atoms with E-state index in [0.29, 0.717) is 0 Å². The number of hydrogen-bond donors (Lipinski definition) is 1. The van der Waals surface area contributed by atoms with Gasteiger partial charge in [0.2, 0.25) is 0 Å². The largest absolute Gasteiger partial charge is 0.286 e. The van der Waals surface area contributed by atoms with Gasteiger partial charge < -0.3 is 0 Å². The maximum Gasteiger partial charge on any atom is 0.0602 e. The molecule has 0 N–H and O–H groups in total. The van der Waals surface area contributed by atoms with Crippen LogP contribution in [0.1, 0.15) is 0 Å². The van der Waals surface area contributed by atoms with Gasteiger partial charge in [0.15, 0.2) is 0 Å². The summed E-state index contributed by atoms with van der Waals surface area (Å²) in [5.74, 6) is 0. The average Bonchev–Trinajstić information content (AvgIpc) is 2.69. The molecule has 1 heterocycles. The maximum atomic E-state index is 4.54. The number of aromatic nitrogens is 1. The highest BCUT2D eigenvalue weighted by Gasteiger charge is 2.06. The third-order valence-corrected chi connectivity index (χ3v) is 3.19. The number of fused-ring (bicyclic) bond motifs is 1. The zero-order valence-electron chi connectivity index (χ0n) is 8.67. The number of rotatable bonds is 1. The predicted octanol–water partition coefficient (Wildman–Crippen LogP) is 4.00. The van der Waals surface area contributed by atoms with Crippen molar-refractivity contribution in [2.45, 2.75) is 0 Å². The molecule has 0 aliphatic carbocycles. The summed E-state index contributed by atoms with van der Waals surface area (Å²) in [7, 11) is 0. The first kappa shape index (κ1) is 9.55. The first-order valence-corrected chi connectivity index (χ1v) is 5.61. The molecule has 3 rings (SSSR count). The van der Waals surface area contributed by atoms with Gasteiger partial charge in [-0.05, 0) is 17.7 Å². The lowest BCUT2D eigenvalue weighted by Gasteiger charge is -2.02. The molecule has 0 aliphatic heterocycles. The lowest BCUT2D eigenvalue weighted by molar-refractivity contribution is 1.36. The normalized spacial score (nSPS) is 10.8. The van der Waals surface area contributed by atoms with Crippen LogP contribution in [-0.4, -0.2) is 3.97 Å². The average molecular weight is 225 g/mol. The molecule has 0 bridgehead atoms. The minimum absolute atomic E-state index is 1.13. The lowest BCUT2D eigenvalue weighted by atomic mass is 10.1. The minimum atomic E-state index is 1.13. The zero-order valence-corrected chi connectivity index (χ0v) is 9.56. The third kappa shape index (κ3) is 1.42. The van der Waals surface area contributed by atoms with E-state index in [2.05, 4.69) is 43.1 Å². The Balaban J connectivity index is 2.29. The van der Waals surface area contributed by atoms with Crippen LogP contribution in [0, 0.1) is 0 Å². The van der Waals surface area contributed by atoms with Crippen LogP contribution in [0.4, 0.5) is 0 Å². The summed E-state index contributed by atoms with van der Waals surface area (Å²) in [6.45, 7) is 0. The molecular weight excluding hydrogens is 214 g/mol. The molecule has 16 heavy (non-hydrogen) atoms. The monoisotopic (exact) mass is 225 g/mol. The van der Waals surface area contributed by atoms with E-state index in [1.807, 2.05) is 34.3 Å². The Labute approximate surface area is 99.9 Å². The van der Waals surface area contributed by atoms with Crippen LogP contribution in [0.25, 0.3) is 22.2 Å². The van der Waals surface area contributed by atoms with Crippen molar-refractivity contribution in [3.05, 3.63) is 60.7 Å². The summed E-state index contributed by atoms with van der Waals surface area (Å²) in [4.78, 5) is 0. The van der Waals surface area contributed by atoms with Crippen LogP contribution in [0.5, 0.6) is 0 Å². The zero-order chi connectivity index (χ0) is 11.0. The SMILES string of the molecule is Sn1c(-c2ccccc2)cc2ccccc21. The molecular formula is C14H11NS. The summed E-state index contributed by atoms with van der Waals surface area (Å²) in [5, 5.41) is 1.22. The van der Waals surface area contributed by atoms with Crippen LogP contribution >= 0.6 is 12.8 Å². The van der Waals surface area contributed by atoms with E-state index in [1.54, 1.807) is 0 Å². The quantitative estimate of drug-likeness (QED) is 0.597. The fourth-order valence-corrected chi connectivity index (χ4v) is 2.31. The van der Waals surface area contributed by atoms with E-state index < -0.39 is 0 Å². The molecule has 3 aromatic rings. The van der Waals surface area contributed by atoms with Gasteiger partial charge in [0, 0.05) is 5.39 Å². The van der Waals surface area contributed by atoms with Crippen molar-refractivity contribution in [2.75, 3.05) is 0 Å². The van der Waals surface area contributed by atoms with Crippen molar-refractivity contribution in [3.8, 4) is 11.3 Å². The smallest absolute Gasteiger partial charge is 0.0602 e. The van der Waals surface area contributed by atoms with Gasteiger partial charge in [-0.15, -0.1) is 0 Å². The van der Waals surface area contributed by atoms with Crippen molar-refractivity contribution in [2.24, 2.45) is 0 Å². The Kier molecular flexibility index (Phi) is 2.22. The summed E-state index contributed by atoms with van der Waals surface area (Å²) < 4.78 is 1.94. The standard InChI is InChI=1S/C14H11NS/c16-15-13-9-5-4-8-12(13)10-14(15)11-6-2-1-3-7-11/h1-10,16H. The fraction of sp³-hybridized carbons (Fsp3) is 0. The summed E-state index contributed by atoms with van der Waals surface area (Å²) in [6, 6.07) is 20.7. The van der Waals surface area contributed by atoms with Crippen LogP contribution in [-0.2, 0) is 0 Å². The lowest BCUT2D eigenvalue weighted by Crippen LogP contribution is -1.84. The third-order valence-electron chi connectivity index (χ3n) is 2.75. The van der Waals surface area contributed by atoms with E-state index in [9.17, 15) is 0 Å². The van der Waals surface area contributed by atoms with Gasteiger partial charge in [0.05, 0.1) is 11.2 Å². The summed E-state index contributed by atoms with van der Waals surface area (Å²) in [5.41, 5.74) is 3.46. The van der Waals surface area contributed by atoms with Gasteiger partial charge in [-0.25, -0.2) is 0 Å². The Morgan fingerprint density at radius 3 is 2.25 bits per heavy atom. The first-order valence-electron chi connectivity index (χ1n) is 5.21. The Hall–Kier alpha value is -1.67. The van der Waals surface area contributed by atoms with Crippen LogP contribution in [0.3, 0.4) is 0 Å². The second-order valence-corrected chi connectivity index (χ2v) is 4.17. The van der Waals surface area contributed by atoms with Crippen LogP contribution < -0.4 is 0 Å². The predicted molar refractivity (Wildman–Crippen MR) is 71.8 cm³/mol. The molecule has 0 atom stereocenters. The molecule has 0 radical (unpaired) electrons. The Bertz CT molecular complexity index is 626. The van der Waals surface area contributed by atoms with Crippen molar-refractivity contribution in [3.63, 3.8) is 0 Å². The van der Waals surface area contributed by atoms with Gasteiger partial charge in [0.25, 0.3) is 0 Å². The fourth-order valence-electron chi connectivity index (χ4n) is 1.96. The van der Waals surface area contributed by atoms with Crippen LogP contribution in [0.15, 0.2) is 60.7 Å². The molecule has 0 spiro atoms. The van der Waals surface area contributed by atoms with Crippen LogP contribution in [0.2, 0.25) is 0 Å². The number of nitrogens with zero attached hydrogens (tertiary/aromatic N) is 1. The molecule has 0 amide bonds. The second kappa shape index (κ2) is 3.72. The molecule has 1 nitrogen and oxygen atoms in total. The van der Waals surface area contributed by atoms with Gasteiger partial charge in [-0.1, -0.05) is 61.3 Å². The number of hydrogen-bond acceptors (Lipinski definition) is 1. The van der Waals surface area contributed by atoms with Crippen molar-refractivity contribution >= 4 is 23.7 Å². The molecule has 2 aromatic carbocycles. The topological polar surface area (TPSA) is 4.93 Å². The van der Waals surface area contributed by atoms with E-state index >= 15 is 0 Å². The Morgan fingerprint density at radius 1 is 0.812 bits per heavy atom. The molecule has 0 saturated heterocycles. The van der Waals surface area contributed by atoms with Gasteiger partial charge in [-0.2, -0.15) is 0 Å². The minimum Gasteiger partial charge on any atom is -0.286 e. The number of benzene rings is 2. The first-order chi connectivity index (χ1) is 7.86. The van der Waals surface area contributed by atoms with Gasteiger partial charge >= 0.3 is 0 Å². The van der Waals surface area contributed by atoms with Crippen molar-refractivity contribution in [1.29, 1.82) is 0 Å². The number of thiol groups is 1. The van der Waals surface area contributed by atoms with Crippen molar-refractivity contribution in [1.82, 2.24) is 3.97 Å². The highest BCUT2D eigenvalue weighted by Crippen LogP contribution is 2.28. The summed E-state index contributed by atoms with van der Waals surface area (Å²) >= 11 is 4.54. The number of para-hydroxylation sites is 1. The maximum absolute atomic E-state index is 4.54. The van der Waals surface area contributed by atoms with E-state index in [4.69, 9.17) is 0 Å². The molecule has 0 fully saturated rings. The Morgan fingerprint density at radius 2 is 1.50 bits per heavy atom. The highest BCUT2D eigenvalue weighted by molar-refractivity contribution is 7.78. The molecule has 2 heteroatoms. The molecule has 0 aliphatic rings. The second-order valence-electron chi connectivity index (χ2n) is 3.77.